The van der Waals surface area contributed by atoms with E-state index in [1.165, 1.54) is 12.3 Å². The van der Waals surface area contributed by atoms with Gasteiger partial charge in [0.1, 0.15) is 23.3 Å². The number of hydrogen-bond acceptors (Lipinski definition) is 7. The SMILES string of the molecule is C[C@@H]1C[C@H](O)CCN1c1cc(C(=O)O)nc2c(-c3ccnn3C3CCCCO3)nn(CC(F)(F)F)c12. The maximum Gasteiger partial charge on any atom is 0.408 e. The standard InChI is InChI=1S/C23H27F3N6O4/c1-13-10-14(33)6-8-30(13)17-11-15(22(34)35)28-20-19(29-31(21(17)20)12-23(24,25)26)16-5-7-27-32(16)18-4-2-3-9-36-18/h5,7,11,13-14,18,33H,2-4,6,8-10,12H2,1H3,(H,34,35)/t13-,14-,18?/m1/s1. The fourth-order valence-electron chi connectivity index (χ4n) is 5.10. The third-order valence-corrected chi connectivity index (χ3v) is 6.72. The molecule has 0 spiro atoms. The zero-order valence-electron chi connectivity index (χ0n) is 19.6. The number of alkyl halides is 3. The lowest BCUT2D eigenvalue weighted by molar-refractivity contribution is -0.141. The van der Waals surface area contributed by atoms with Crippen LogP contribution in [0.2, 0.25) is 0 Å². The number of pyridine rings is 1. The molecule has 0 bridgehead atoms. The molecule has 2 saturated heterocycles. The van der Waals surface area contributed by atoms with Gasteiger partial charge in [0, 0.05) is 25.4 Å². The lowest BCUT2D eigenvalue weighted by atomic mass is 9.99. The number of carbonyl (C=O) groups is 1. The summed E-state index contributed by atoms with van der Waals surface area (Å²) in [6.07, 6.45) is -0.689. The third kappa shape index (κ3) is 4.64. The summed E-state index contributed by atoms with van der Waals surface area (Å²) in [5, 5.41) is 28.5. The Balaban J connectivity index is 1.74. The molecule has 0 radical (unpaired) electrons. The summed E-state index contributed by atoms with van der Waals surface area (Å²) >= 11 is 0. The predicted molar refractivity (Wildman–Crippen MR) is 123 cm³/mol. The molecule has 3 aromatic rings. The minimum Gasteiger partial charge on any atom is -0.477 e. The van der Waals surface area contributed by atoms with Gasteiger partial charge in [-0.05, 0) is 51.2 Å². The largest absolute Gasteiger partial charge is 0.477 e. The van der Waals surface area contributed by atoms with Crippen molar-refractivity contribution in [2.24, 2.45) is 0 Å². The highest BCUT2D eigenvalue weighted by Gasteiger charge is 2.35. The van der Waals surface area contributed by atoms with Crippen LogP contribution >= 0.6 is 0 Å². The first kappa shape index (κ1) is 24.5. The molecule has 2 N–H and O–H groups in total. The van der Waals surface area contributed by atoms with Crippen molar-refractivity contribution in [1.82, 2.24) is 24.5 Å². The molecule has 0 amide bonds. The highest BCUT2D eigenvalue weighted by molar-refractivity contribution is 6.01. The number of carboxylic acids is 1. The second kappa shape index (κ2) is 9.36. The molecule has 1 unspecified atom stereocenters. The molecule has 2 fully saturated rings. The Morgan fingerprint density at radius 2 is 2.08 bits per heavy atom. The number of rotatable bonds is 5. The van der Waals surface area contributed by atoms with E-state index in [2.05, 4.69) is 15.2 Å². The second-order valence-electron chi connectivity index (χ2n) is 9.35. The molecule has 36 heavy (non-hydrogen) atoms. The van der Waals surface area contributed by atoms with Gasteiger partial charge >= 0.3 is 12.1 Å². The van der Waals surface area contributed by atoms with E-state index in [1.54, 1.807) is 10.7 Å². The van der Waals surface area contributed by atoms with E-state index in [1.807, 2.05) is 11.8 Å². The van der Waals surface area contributed by atoms with Crippen molar-refractivity contribution in [3.8, 4) is 11.4 Å². The molecule has 0 aliphatic carbocycles. The summed E-state index contributed by atoms with van der Waals surface area (Å²) in [7, 11) is 0. The van der Waals surface area contributed by atoms with Gasteiger partial charge in [-0.2, -0.15) is 23.4 Å². The maximum atomic E-state index is 13.6. The van der Waals surface area contributed by atoms with Crippen molar-refractivity contribution in [1.29, 1.82) is 0 Å². The Morgan fingerprint density at radius 1 is 1.28 bits per heavy atom. The Labute approximate surface area is 204 Å². The van der Waals surface area contributed by atoms with Crippen LogP contribution in [-0.4, -0.2) is 72.2 Å². The molecule has 13 heteroatoms. The molecular weight excluding hydrogens is 481 g/mol. The van der Waals surface area contributed by atoms with E-state index in [9.17, 15) is 28.2 Å². The number of fused-ring (bicyclic) bond motifs is 1. The average molecular weight is 509 g/mol. The molecule has 5 heterocycles. The van der Waals surface area contributed by atoms with Gasteiger partial charge in [-0.15, -0.1) is 0 Å². The number of aromatic carboxylic acids is 1. The van der Waals surface area contributed by atoms with E-state index in [4.69, 9.17) is 4.74 Å². The summed E-state index contributed by atoms with van der Waals surface area (Å²) < 4.78 is 49.2. The molecule has 0 aromatic carbocycles. The first-order valence-electron chi connectivity index (χ1n) is 11.9. The van der Waals surface area contributed by atoms with Crippen LogP contribution in [0.4, 0.5) is 18.9 Å². The third-order valence-electron chi connectivity index (χ3n) is 6.72. The molecule has 2 aliphatic rings. The quantitative estimate of drug-likeness (QED) is 0.537. The minimum atomic E-state index is -4.57. The number of carboxylic acid groups (broad SMARTS) is 1. The number of anilines is 1. The Morgan fingerprint density at radius 3 is 2.75 bits per heavy atom. The summed E-state index contributed by atoms with van der Waals surface area (Å²) in [4.78, 5) is 18.1. The highest BCUT2D eigenvalue weighted by Crippen LogP contribution is 2.38. The lowest BCUT2D eigenvalue weighted by Crippen LogP contribution is -2.43. The Bertz CT molecular complexity index is 1270. The van der Waals surface area contributed by atoms with Crippen LogP contribution in [0.1, 0.15) is 55.7 Å². The van der Waals surface area contributed by atoms with Gasteiger partial charge in [0.15, 0.2) is 11.9 Å². The molecule has 194 valence electrons. The van der Waals surface area contributed by atoms with Crippen molar-refractivity contribution in [2.75, 3.05) is 18.1 Å². The second-order valence-corrected chi connectivity index (χ2v) is 9.35. The van der Waals surface area contributed by atoms with E-state index in [0.29, 0.717) is 43.8 Å². The van der Waals surface area contributed by atoms with Gasteiger partial charge in [0.05, 0.1) is 17.5 Å². The van der Waals surface area contributed by atoms with Crippen LogP contribution in [-0.2, 0) is 11.3 Å². The monoisotopic (exact) mass is 508 g/mol. The number of hydrogen-bond donors (Lipinski definition) is 2. The highest BCUT2D eigenvalue weighted by atomic mass is 19.4. The van der Waals surface area contributed by atoms with Crippen LogP contribution in [0.5, 0.6) is 0 Å². The first-order valence-corrected chi connectivity index (χ1v) is 11.9. The summed E-state index contributed by atoms with van der Waals surface area (Å²) in [6, 6.07) is 2.67. The molecule has 3 atom stereocenters. The van der Waals surface area contributed by atoms with E-state index >= 15 is 0 Å². The van der Waals surface area contributed by atoms with Gasteiger partial charge in [0.2, 0.25) is 0 Å². The van der Waals surface area contributed by atoms with Gasteiger partial charge in [-0.1, -0.05) is 0 Å². The molecule has 0 saturated carbocycles. The molecular formula is C23H27F3N6O4. The average Bonchev–Trinajstić information content (AvgIpc) is 3.43. The van der Waals surface area contributed by atoms with Crippen LogP contribution in [0.15, 0.2) is 18.3 Å². The van der Waals surface area contributed by atoms with Crippen LogP contribution in [0.25, 0.3) is 22.4 Å². The molecule has 5 rings (SSSR count). The summed E-state index contributed by atoms with van der Waals surface area (Å²) in [5.74, 6) is -1.30. The Kier molecular flexibility index (Phi) is 6.37. The van der Waals surface area contributed by atoms with Crippen LogP contribution < -0.4 is 4.90 Å². The molecule has 10 nitrogen and oxygen atoms in total. The first-order chi connectivity index (χ1) is 17.1. The molecule has 2 aliphatic heterocycles. The van der Waals surface area contributed by atoms with Gasteiger partial charge in [-0.3, -0.25) is 4.68 Å². The van der Waals surface area contributed by atoms with Crippen molar-refractivity contribution in [3.63, 3.8) is 0 Å². The minimum absolute atomic E-state index is 0.0463. The molecule has 3 aromatic heterocycles. The smallest absolute Gasteiger partial charge is 0.408 e. The number of aliphatic hydroxyl groups excluding tert-OH is 1. The normalized spacial score (nSPS) is 23.4. The van der Waals surface area contributed by atoms with Gasteiger partial charge in [-0.25, -0.2) is 14.5 Å². The lowest BCUT2D eigenvalue weighted by Gasteiger charge is -2.38. The summed E-state index contributed by atoms with van der Waals surface area (Å²) in [6.45, 7) is 1.36. The van der Waals surface area contributed by atoms with Gasteiger partial charge < -0.3 is 19.8 Å². The van der Waals surface area contributed by atoms with E-state index < -0.39 is 31.0 Å². The fraction of sp³-hybridized carbons (Fsp3) is 0.565. The van der Waals surface area contributed by atoms with Crippen molar-refractivity contribution in [2.45, 2.75) is 70.1 Å². The zero-order valence-corrected chi connectivity index (χ0v) is 19.6. The zero-order chi connectivity index (χ0) is 25.6. The Hall–Kier alpha value is -3.19. The van der Waals surface area contributed by atoms with Crippen molar-refractivity contribution < 1.29 is 32.9 Å². The van der Waals surface area contributed by atoms with Gasteiger partial charge in [0.25, 0.3) is 0 Å². The van der Waals surface area contributed by atoms with E-state index in [0.717, 1.165) is 17.5 Å². The summed E-state index contributed by atoms with van der Waals surface area (Å²) in [5.41, 5.74) is 0.632. The van der Waals surface area contributed by atoms with Crippen LogP contribution in [0, 0.1) is 0 Å². The maximum absolute atomic E-state index is 13.6. The predicted octanol–water partition coefficient (Wildman–Crippen LogP) is 3.60. The number of piperidine rings is 1. The number of nitrogens with zero attached hydrogens (tertiary/aromatic N) is 6. The topological polar surface area (TPSA) is 119 Å². The number of halogens is 3. The van der Waals surface area contributed by atoms with E-state index in [-0.39, 0.29) is 28.5 Å². The fourth-order valence-corrected chi connectivity index (χ4v) is 5.10. The number of aliphatic hydroxyl groups is 1. The van der Waals surface area contributed by atoms with Crippen molar-refractivity contribution >= 4 is 22.7 Å². The van der Waals surface area contributed by atoms with Crippen LogP contribution in [0.3, 0.4) is 0 Å². The number of aromatic nitrogens is 5. The van der Waals surface area contributed by atoms with Crippen molar-refractivity contribution in [3.05, 3.63) is 24.0 Å². The number of ether oxygens (including phenoxy) is 1.